The van der Waals surface area contributed by atoms with E-state index in [1.54, 1.807) is 5.56 Å². The Hall–Kier alpha value is -0.860. The molecule has 92 valence electrons. The maximum atomic E-state index is 6.36. The van der Waals surface area contributed by atoms with E-state index < -0.39 is 0 Å². The van der Waals surface area contributed by atoms with E-state index in [9.17, 15) is 0 Å². The van der Waals surface area contributed by atoms with Crippen molar-refractivity contribution in [2.24, 2.45) is 23.3 Å². The van der Waals surface area contributed by atoms with Crippen molar-refractivity contribution in [2.45, 2.75) is 37.6 Å². The summed E-state index contributed by atoms with van der Waals surface area (Å²) in [6.45, 7) is 0.637. The largest absolute Gasteiger partial charge is 0.329 e. The Labute approximate surface area is 103 Å². The monoisotopic (exact) mass is 230 g/mol. The molecule has 2 heteroatoms. The molecule has 0 spiro atoms. The summed E-state index contributed by atoms with van der Waals surface area (Å²) in [6.07, 6.45) is 5.93. The number of hydrogen-bond donors (Lipinski definition) is 2. The minimum Gasteiger partial charge on any atom is -0.329 e. The van der Waals surface area contributed by atoms with Crippen LogP contribution in [0.4, 0.5) is 0 Å². The predicted octanol–water partition coefficient (Wildman–Crippen LogP) is 1.86. The maximum absolute atomic E-state index is 6.36. The second-order valence-corrected chi connectivity index (χ2v) is 6.01. The lowest BCUT2D eigenvalue weighted by Crippen LogP contribution is -2.53. The van der Waals surface area contributed by atoms with Gasteiger partial charge in [0.15, 0.2) is 0 Å². The van der Waals surface area contributed by atoms with Gasteiger partial charge in [0.1, 0.15) is 0 Å². The molecule has 0 radical (unpaired) electrons. The summed E-state index contributed by atoms with van der Waals surface area (Å²) >= 11 is 0. The van der Waals surface area contributed by atoms with Crippen molar-refractivity contribution < 1.29 is 0 Å². The second kappa shape index (κ2) is 4.11. The van der Waals surface area contributed by atoms with Gasteiger partial charge in [0, 0.05) is 12.1 Å². The molecule has 0 aromatic heterocycles. The number of fused-ring (bicyclic) bond motifs is 2. The van der Waals surface area contributed by atoms with Crippen LogP contribution in [0.3, 0.4) is 0 Å². The van der Waals surface area contributed by atoms with Gasteiger partial charge in [0.05, 0.1) is 0 Å². The van der Waals surface area contributed by atoms with Crippen molar-refractivity contribution in [2.75, 3.05) is 6.54 Å². The van der Waals surface area contributed by atoms with E-state index in [-0.39, 0.29) is 5.54 Å². The number of benzene rings is 1. The molecule has 0 amide bonds. The molecule has 1 fully saturated rings. The van der Waals surface area contributed by atoms with Crippen LogP contribution < -0.4 is 11.5 Å². The fraction of sp³-hybridized carbons (Fsp3) is 0.600. The van der Waals surface area contributed by atoms with Gasteiger partial charge in [-0.25, -0.2) is 0 Å². The molecular weight excluding hydrogens is 208 g/mol. The van der Waals surface area contributed by atoms with Gasteiger partial charge in [-0.1, -0.05) is 24.3 Å². The Morgan fingerprint density at radius 3 is 2.41 bits per heavy atom. The van der Waals surface area contributed by atoms with Crippen molar-refractivity contribution >= 4 is 0 Å². The lowest BCUT2D eigenvalue weighted by atomic mass is 9.64. The van der Waals surface area contributed by atoms with Crippen molar-refractivity contribution in [1.82, 2.24) is 0 Å². The third-order valence-corrected chi connectivity index (χ3v) is 4.84. The van der Waals surface area contributed by atoms with Crippen LogP contribution in [0.5, 0.6) is 0 Å². The summed E-state index contributed by atoms with van der Waals surface area (Å²) < 4.78 is 0. The average molecular weight is 230 g/mol. The third-order valence-electron chi connectivity index (χ3n) is 4.84. The van der Waals surface area contributed by atoms with Crippen LogP contribution in [-0.4, -0.2) is 12.1 Å². The maximum Gasteiger partial charge on any atom is 0.0281 e. The van der Waals surface area contributed by atoms with Crippen molar-refractivity contribution in [3.8, 4) is 0 Å². The molecule has 3 atom stereocenters. The molecule has 2 aliphatic carbocycles. The van der Waals surface area contributed by atoms with Crippen LogP contribution in [0.25, 0.3) is 0 Å². The Balaban J connectivity index is 1.83. The van der Waals surface area contributed by atoms with E-state index in [0.717, 1.165) is 24.7 Å². The summed E-state index contributed by atoms with van der Waals surface area (Å²) in [5, 5.41) is 0. The minimum absolute atomic E-state index is 0.0898. The van der Waals surface area contributed by atoms with E-state index in [0.29, 0.717) is 6.54 Å². The zero-order valence-electron chi connectivity index (χ0n) is 10.4. The van der Waals surface area contributed by atoms with Gasteiger partial charge in [0.2, 0.25) is 0 Å². The molecule has 2 nitrogen and oxygen atoms in total. The molecule has 0 saturated heterocycles. The smallest absolute Gasteiger partial charge is 0.0281 e. The highest BCUT2D eigenvalue weighted by Gasteiger charge is 2.39. The van der Waals surface area contributed by atoms with Gasteiger partial charge >= 0.3 is 0 Å². The fourth-order valence-corrected chi connectivity index (χ4v) is 3.71. The highest BCUT2D eigenvalue weighted by molar-refractivity contribution is 5.31. The number of nitrogens with two attached hydrogens (primary N) is 2. The van der Waals surface area contributed by atoms with Gasteiger partial charge < -0.3 is 11.5 Å². The van der Waals surface area contributed by atoms with Gasteiger partial charge in [0.25, 0.3) is 0 Å². The van der Waals surface area contributed by atoms with Crippen molar-refractivity contribution in [1.29, 1.82) is 0 Å². The van der Waals surface area contributed by atoms with E-state index in [4.69, 9.17) is 11.5 Å². The third kappa shape index (κ3) is 2.00. The van der Waals surface area contributed by atoms with E-state index in [1.165, 1.54) is 24.8 Å². The number of rotatable bonds is 1. The fourth-order valence-electron chi connectivity index (χ4n) is 3.71. The van der Waals surface area contributed by atoms with Crippen molar-refractivity contribution in [3.05, 3.63) is 35.4 Å². The first-order valence-electron chi connectivity index (χ1n) is 6.76. The van der Waals surface area contributed by atoms with E-state index in [2.05, 4.69) is 24.3 Å². The van der Waals surface area contributed by atoms with E-state index in [1.807, 2.05) is 0 Å². The van der Waals surface area contributed by atoms with Crippen LogP contribution in [0.2, 0.25) is 0 Å². The first-order valence-corrected chi connectivity index (χ1v) is 6.76. The summed E-state index contributed by atoms with van der Waals surface area (Å²) in [5.41, 5.74) is 15.2. The van der Waals surface area contributed by atoms with Crippen molar-refractivity contribution in [3.63, 3.8) is 0 Å². The van der Waals surface area contributed by atoms with Crippen LogP contribution in [0.15, 0.2) is 24.3 Å². The zero-order valence-corrected chi connectivity index (χ0v) is 10.4. The quantitative estimate of drug-likeness (QED) is 0.773. The Morgan fingerprint density at radius 2 is 1.76 bits per heavy atom. The molecule has 0 bridgehead atoms. The molecule has 4 N–H and O–H groups in total. The van der Waals surface area contributed by atoms with Gasteiger partial charge in [-0.05, 0) is 55.1 Å². The molecular formula is C15H22N2. The summed E-state index contributed by atoms with van der Waals surface area (Å²) in [6, 6.07) is 8.88. The SMILES string of the molecule is NC[C@@]1(N)CC[C@@H]2Cc3ccccc3C[C@H]2C1. The summed E-state index contributed by atoms with van der Waals surface area (Å²) in [5.74, 6) is 1.60. The highest BCUT2D eigenvalue weighted by atomic mass is 14.8. The first kappa shape index (κ1) is 11.2. The lowest BCUT2D eigenvalue weighted by molar-refractivity contribution is 0.146. The highest BCUT2D eigenvalue weighted by Crippen LogP contribution is 2.42. The van der Waals surface area contributed by atoms with Crippen LogP contribution in [0.1, 0.15) is 30.4 Å². The van der Waals surface area contributed by atoms with Crippen LogP contribution in [-0.2, 0) is 12.8 Å². The molecule has 1 saturated carbocycles. The second-order valence-electron chi connectivity index (χ2n) is 6.01. The topological polar surface area (TPSA) is 52.0 Å². The molecule has 3 rings (SSSR count). The number of hydrogen-bond acceptors (Lipinski definition) is 2. The Kier molecular flexibility index (Phi) is 2.72. The van der Waals surface area contributed by atoms with Gasteiger partial charge in [-0.2, -0.15) is 0 Å². The molecule has 0 unspecified atom stereocenters. The van der Waals surface area contributed by atoms with E-state index >= 15 is 0 Å². The minimum atomic E-state index is -0.0898. The molecule has 1 aromatic carbocycles. The first-order chi connectivity index (χ1) is 8.20. The molecule has 2 aliphatic rings. The Morgan fingerprint density at radius 1 is 1.12 bits per heavy atom. The lowest BCUT2D eigenvalue weighted by Gasteiger charge is -2.44. The molecule has 1 aromatic rings. The molecule has 0 aliphatic heterocycles. The predicted molar refractivity (Wildman–Crippen MR) is 70.7 cm³/mol. The van der Waals surface area contributed by atoms with Crippen LogP contribution >= 0.6 is 0 Å². The summed E-state index contributed by atoms with van der Waals surface area (Å²) in [4.78, 5) is 0. The summed E-state index contributed by atoms with van der Waals surface area (Å²) in [7, 11) is 0. The standard InChI is InChI=1S/C15H22N2/c16-10-15(17)6-5-13-7-11-3-1-2-4-12(11)8-14(13)9-15/h1-4,13-14H,5-10,16-17H2/t13-,14+,15-/m1/s1. The molecule has 0 heterocycles. The Bertz CT molecular complexity index is 415. The van der Waals surface area contributed by atoms with Gasteiger partial charge in [-0.3, -0.25) is 0 Å². The van der Waals surface area contributed by atoms with Crippen LogP contribution in [0, 0.1) is 11.8 Å². The zero-order chi connectivity index (χ0) is 11.9. The normalized spacial score (nSPS) is 36.1. The molecule has 17 heavy (non-hydrogen) atoms. The van der Waals surface area contributed by atoms with Gasteiger partial charge in [-0.15, -0.1) is 0 Å². The average Bonchev–Trinajstić information content (AvgIpc) is 2.36.